The Kier molecular flexibility index (Phi) is 4.38. The van der Waals surface area contributed by atoms with Gasteiger partial charge in [-0.05, 0) is 25.8 Å². The molecule has 2 N–H and O–H groups in total. The Labute approximate surface area is 110 Å². The van der Waals surface area contributed by atoms with Gasteiger partial charge in [-0.25, -0.2) is 0 Å². The van der Waals surface area contributed by atoms with E-state index in [1.165, 1.54) is 5.56 Å². The highest BCUT2D eigenvalue weighted by molar-refractivity contribution is 5.15. The number of hydrogen-bond donors (Lipinski definition) is 1. The number of hydrogen-bond acceptors (Lipinski definition) is 3. The SMILES string of the molecule is CC1(C)CN(CC(N)Cc2ccccc2)CCO1. The lowest BCUT2D eigenvalue weighted by Crippen LogP contribution is -2.51. The van der Waals surface area contributed by atoms with Crippen molar-refractivity contribution in [2.75, 3.05) is 26.2 Å². The lowest BCUT2D eigenvalue weighted by molar-refractivity contribution is -0.0868. The highest BCUT2D eigenvalue weighted by atomic mass is 16.5. The van der Waals surface area contributed by atoms with Gasteiger partial charge in [0, 0.05) is 25.7 Å². The van der Waals surface area contributed by atoms with E-state index in [2.05, 4.69) is 43.0 Å². The van der Waals surface area contributed by atoms with Crippen LogP contribution in [0.5, 0.6) is 0 Å². The summed E-state index contributed by atoms with van der Waals surface area (Å²) in [6.45, 7) is 8.00. The summed E-state index contributed by atoms with van der Waals surface area (Å²) in [5.74, 6) is 0. The predicted octanol–water partition coefficient (Wildman–Crippen LogP) is 1.67. The lowest BCUT2D eigenvalue weighted by Gasteiger charge is -2.39. The van der Waals surface area contributed by atoms with Crippen LogP contribution in [-0.2, 0) is 11.2 Å². The minimum atomic E-state index is -0.0370. The van der Waals surface area contributed by atoms with Gasteiger partial charge in [0.05, 0.1) is 12.2 Å². The van der Waals surface area contributed by atoms with Crippen LogP contribution in [0.3, 0.4) is 0 Å². The quantitative estimate of drug-likeness (QED) is 0.881. The minimum Gasteiger partial charge on any atom is -0.373 e. The van der Waals surface area contributed by atoms with Crippen molar-refractivity contribution < 1.29 is 4.74 Å². The molecule has 0 saturated carbocycles. The molecule has 3 heteroatoms. The maximum atomic E-state index is 6.24. The van der Waals surface area contributed by atoms with Gasteiger partial charge in [0.15, 0.2) is 0 Å². The van der Waals surface area contributed by atoms with Gasteiger partial charge in [-0.3, -0.25) is 4.90 Å². The average Bonchev–Trinajstić information content (AvgIpc) is 2.28. The molecule has 18 heavy (non-hydrogen) atoms. The number of morpholine rings is 1. The molecule has 1 unspecified atom stereocenters. The van der Waals surface area contributed by atoms with Crippen LogP contribution < -0.4 is 5.73 Å². The van der Waals surface area contributed by atoms with Gasteiger partial charge < -0.3 is 10.5 Å². The number of nitrogens with zero attached hydrogens (tertiary/aromatic N) is 1. The Bertz CT molecular complexity index is 364. The number of nitrogens with two attached hydrogens (primary N) is 1. The molecule has 0 aliphatic carbocycles. The van der Waals surface area contributed by atoms with Crippen molar-refractivity contribution >= 4 is 0 Å². The van der Waals surface area contributed by atoms with E-state index in [0.29, 0.717) is 0 Å². The molecule has 1 aliphatic rings. The molecule has 0 bridgehead atoms. The highest BCUT2D eigenvalue weighted by Crippen LogP contribution is 2.16. The molecule has 1 aromatic rings. The number of ether oxygens (including phenoxy) is 1. The summed E-state index contributed by atoms with van der Waals surface area (Å²) in [5, 5.41) is 0. The summed E-state index contributed by atoms with van der Waals surface area (Å²) in [5.41, 5.74) is 7.52. The molecule has 0 spiro atoms. The highest BCUT2D eigenvalue weighted by Gasteiger charge is 2.27. The first kappa shape index (κ1) is 13.5. The summed E-state index contributed by atoms with van der Waals surface area (Å²) < 4.78 is 5.71. The maximum absolute atomic E-state index is 6.24. The predicted molar refractivity (Wildman–Crippen MR) is 74.6 cm³/mol. The Morgan fingerprint density at radius 2 is 2.06 bits per heavy atom. The monoisotopic (exact) mass is 248 g/mol. The van der Waals surface area contributed by atoms with Crippen LogP contribution in [0.1, 0.15) is 19.4 Å². The normalized spacial score (nSPS) is 21.7. The smallest absolute Gasteiger partial charge is 0.0753 e. The fourth-order valence-corrected chi connectivity index (χ4v) is 2.58. The van der Waals surface area contributed by atoms with Gasteiger partial charge in [0.2, 0.25) is 0 Å². The largest absolute Gasteiger partial charge is 0.373 e. The van der Waals surface area contributed by atoms with E-state index in [-0.39, 0.29) is 11.6 Å². The van der Waals surface area contributed by atoms with Gasteiger partial charge in [-0.2, -0.15) is 0 Å². The van der Waals surface area contributed by atoms with Crippen molar-refractivity contribution in [3.63, 3.8) is 0 Å². The van der Waals surface area contributed by atoms with E-state index in [0.717, 1.165) is 32.7 Å². The molecule has 1 heterocycles. The topological polar surface area (TPSA) is 38.5 Å². The molecule has 0 radical (unpaired) electrons. The van der Waals surface area contributed by atoms with E-state index in [1.54, 1.807) is 0 Å². The van der Waals surface area contributed by atoms with Crippen LogP contribution >= 0.6 is 0 Å². The second-order valence-electron chi connectivity index (χ2n) is 5.79. The second kappa shape index (κ2) is 5.83. The summed E-state index contributed by atoms with van der Waals surface area (Å²) in [6.07, 6.45) is 0.943. The first-order valence-electron chi connectivity index (χ1n) is 6.71. The number of rotatable bonds is 4. The van der Waals surface area contributed by atoms with Crippen molar-refractivity contribution in [1.82, 2.24) is 4.90 Å². The molecule has 1 aromatic carbocycles. The Balaban J connectivity index is 1.82. The molecular weight excluding hydrogens is 224 g/mol. The zero-order valence-corrected chi connectivity index (χ0v) is 11.4. The summed E-state index contributed by atoms with van der Waals surface area (Å²) >= 11 is 0. The summed E-state index contributed by atoms with van der Waals surface area (Å²) in [6, 6.07) is 10.7. The zero-order chi connectivity index (χ0) is 13.0. The third kappa shape index (κ3) is 4.09. The summed E-state index contributed by atoms with van der Waals surface area (Å²) in [7, 11) is 0. The van der Waals surface area contributed by atoms with Gasteiger partial charge in [-0.1, -0.05) is 30.3 Å². The fraction of sp³-hybridized carbons (Fsp3) is 0.600. The van der Waals surface area contributed by atoms with E-state index < -0.39 is 0 Å². The second-order valence-corrected chi connectivity index (χ2v) is 5.79. The molecule has 100 valence electrons. The molecule has 3 nitrogen and oxygen atoms in total. The van der Waals surface area contributed by atoms with Crippen LogP contribution in [0.2, 0.25) is 0 Å². The van der Waals surface area contributed by atoms with Crippen molar-refractivity contribution in [3.8, 4) is 0 Å². The molecular formula is C15H24N2O. The minimum absolute atomic E-state index is 0.0370. The fourth-order valence-electron chi connectivity index (χ4n) is 2.58. The van der Waals surface area contributed by atoms with Crippen LogP contribution in [0.25, 0.3) is 0 Å². The van der Waals surface area contributed by atoms with Crippen LogP contribution in [-0.4, -0.2) is 42.8 Å². The third-order valence-corrected chi connectivity index (χ3v) is 3.34. The third-order valence-electron chi connectivity index (χ3n) is 3.34. The van der Waals surface area contributed by atoms with E-state index in [1.807, 2.05) is 6.07 Å². The van der Waals surface area contributed by atoms with Crippen molar-refractivity contribution in [2.24, 2.45) is 5.73 Å². The zero-order valence-electron chi connectivity index (χ0n) is 11.4. The first-order valence-corrected chi connectivity index (χ1v) is 6.71. The molecule has 1 fully saturated rings. The van der Waals surface area contributed by atoms with E-state index >= 15 is 0 Å². The van der Waals surface area contributed by atoms with E-state index in [4.69, 9.17) is 10.5 Å². The number of benzene rings is 1. The van der Waals surface area contributed by atoms with Gasteiger partial charge >= 0.3 is 0 Å². The standard InChI is InChI=1S/C15H24N2O/c1-15(2)12-17(8-9-18-15)11-14(16)10-13-6-4-3-5-7-13/h3-7,14H,8-12,16H2,1-2H3. The molecule has 0 amide bonds. The van der Waals surface area contributed by atoms with Gasteiger partial charge in [0.1, 0.15) is 0 Å². The first-order chi connectivity index (χ1) is 8.55. The van der Waals surface area contributed by atoms with Crippen LogP contribution in [0, 0.1) is 0 Å². The van der Waals surface area contributed by atoms with Crippen LogP contribution in [0.15, 0.2) is 30.3 Å². The van der Waals surface area contributed by atoms with E-state index in [9.17, 15) is 0 Å². The maximum Gasteiger partial charge on any atom is 0.0753 e. The van der Waals surface area contributed by atoms with Gasteiger partial charge in [-0.15, -0.1) is 0 Å². The Morgan fingerprint density at radius 3 is 2.72 bits per heavy atom. The molecule has 2 rings (SSSR count). The molecule has 1 saturated heterocycles. The van der Waals surface area contributed by atoms with Crippen LogP contribution in [0.4, 0.5) is 0 Å². The Hall–Kier alpha value is -0.900. The van der Waals surface area contributed by atoms with Gasteiger partial charge in [0.25, 0.3) is 0 Å². The molecule has 0 aromatic heterocycles. The van der Waals surface area contributed by atoms with Crippen molar-refractivity contribution in [3.05, 3.63) is 35.9 Å². The van der Waals surface area contributed by atoms with Crippen molar-refractivity contribution in [1.29, 1.82) is 0 Å². The lowest BCUT2D eigenvalue weighted by atomic mass is 10.0. The Morgan fingerprint density at radius 1 is 1.33 bits per heavy atom. The molecule has 1 atom stereocenters. The molecule has 1 aliphatic heterocycles. The van der Waals surface area contributed by atoms with Crippen molar-refractivity contribution in [2.45, 2.75) is 31.9 Å². The average molecular weight is 248 g/mol. The summed E-state index contributed by atoms with van der Waals surface area (Å²) in [4.78, 5) is 2.41.